The molecule has 112 valence electrons. The highest BCUT2D eigenvalue weighted by molar-refractivity contribution is 6.73. The topological polar surface area (TPSA) is 9.23 Å². The first-order chi connectivity index (χ1) is 9.66. The number of hydrogen-bond donors (Lipinski definition) is 0. The summed E-state index contributed by atoms with van der Waals surface area (Å²) in [7, 11) is 0. The van der Waals surface area contributed by atoms with Crippen LogP contribution >= 0.6 is 0 Å². The zero-order valence-corrected chi connectivity index (χ0v) is 10.4. The van der Waals surface area contributed by atoms with Gasteiger partial charge in [-0.25, -0.2) is 0 Å². The van der Waals surface area contributed by atoms with Gasteiger partial charge < -0.3 is 17.7 Å². The quantitative estimate of drug-likeness (QED) is 0.597. The van der Waals surface area contributed by atoms with Gasteiger partial charge >= 0.3 is 13.2 Å². The van der Waals surface area contributed by atoms with Gasteiger partial charge in [-0.3, -0.25) is 0 Å². The molecule has 8 heteroatoms. The zero-order valence-electron chi connectivity index (χ0n) is 10.4. The van der Waals surface area contributed by atoms with Crippen molar-refractivity contribution in [1.82, 2.24) is 0 Å². The summed E-state index contributed by atoms with van der Waals surface area (Å²) < 4.78 is 79.5. The Kier molecular flexibility index (Phi) is 3.89. The fraction of sp³-hybridized carbons (Fsp3) is 0.0769. The number of halogens is 6. The highest BCUT2D eigenvalue weighted by atomic mass is 19.4. The van der Waals surface area contributed by atoms with E-state index in [4.69, 9.17) is 4.74 Å². The predicted molar refractivity (Wildman–Crippen MR) is 66.7 cm³/mol. The Morgan fingerprint density at radius 3 is 1.52 bits per heavy atom. The molecular formula is C13H8BF6O-. The van der Waals surface area contributed by atoms with Crippen LogP contribution in [0.1, 0.15) is 5.56 Å². The van der Waals surface area contributed by atoms with Crippen molar-refractivity contribution in [2.45, 2.75) is 6.18 Å². The molecule has 0 amide bonds. The van der Waals surface area contributed by atoms with E-state index >= 15 is 0 Å². The van der Waals surface area contributed by atoms with Crippen LogP contribution in [-0.2, 0) is 6.18 Å². The average Bonchev–Trinajstić information content (AvgIpc) is 2.38. The number of alkyl halides is 3. The fourth-order valence-electron chi connectivity index (χ4n) is 1.60. The Morgan fingerprint density at radius 2 is 1.14 bits per heavy atom. The SMILES string of the molecule is F[B-](F)(F)c1ccc(Oc2ccc(C(F)(F)F)cc2)cc1. The van der Waals surface area contributed by atoms with Crippen LogP contribution in [0.25, 0.3) is 0 Å². The van der Waals surface area contributed by atoms with Gasteiger partial charge in [0.1, 0.15) is 11.5 Å². The normalized spacial score (nSPS) is 12.3. The summed E-state index contributed by atoms with van der Waals surface area (Å²) in [6.07, 6.45) is -4.45. The standard InChI is InChI=1S/C13H8BF6O/c15-13(16,17)9-1-5-11(6-2-9)21-12-7-3-10(4-8-12)14(18,19)20/h1-8H/q-1. The summed E-state index contributed by atoms with van der Waals surface area (Å²) in [5.41, 5.74) is -1.60. The third kappa shape index (κ3) is 3.93. The van der Waals surface area contributed by atoms with Crippen LogP contribution in [0.3, 0.4) is 0 Å². The van der Waals surface area contributed by atoms with Crippen LogP contribution in [0.5, 0.6) is 11.5 Å². The van der Waals surface area contributed by atoms with E-state index in [2.05, 4.69) is 0 Å². The molecule has 0 fully saturated rings. The molecular weight excluding hydrogens is 297 g/mol. The van der Waals surface area contributed by atoms with Crippen LogP contribution in [0.2, 0.25) is 0 Å². The van der Waals surface area contributed by atoms with E-state index in [9.17, 15) is 26.1 Å². The van der Waals surface area contributed by atoms with E-state index in [1.165, 1.54) is 0 Å². The number of rotatable bonds is 3. The van der Waals surface area contributed by atoms with Gasteiger partial charge in [-0.05, 0) is 36.4 Å². The summed E-state index contributed by atoms with van der Waals surface area (Å²) in [6, 6.07) is 7.82. The Labute approximate surface area is 116 Å². The smallest absolute Gasteiger partial charge is 0.457 e. The zero-order chi connectivity index (χ0) is 15.7. The minimum atomic E-state index is -5.08. The molecule has 0 bridgehead atoms. The highest BCUT2D eigenvalue weighted by Crippen LogP contribution is 2.31. The van der Waals surface area contributed by atoms with Gasteiger partial charge in [-0.1, -0.05) is 12.1 Å². The molecule has 0 heterocycles. The average molecular weight is 305 g/mol. The maximum Gasteiger partial charge on any atom is 0.509 e. The molecule has 0 aliphatic heterocycles. The summed E-state index contributed by atoms with van der Waals surface area (Å²) in [6.45, 7) is -5.08. The van der Waals surface area contributed by atoms with Crippen LogP contribution in [0.15, 0.2) is 48.5 Å². The van der Waals surface area contributed by atoms with Crippen molar-refractivity contribution in [1.29, 1.82) is 0 Å². The highest BCUT2D eigenvalue weighted by Gasteiger charge is 2.30. The Balaban J connectivity index is 2.12. The summed E-state index contributed by atoms with van der Waals surface area (Å²) in [4.78, 5) is 0. The molecule has 0 unspecified atom stereocenters. The molecule has 0 aromatic heterocycles. The molecule has 0 N–H and O–H groups in total. The van der Waals surface area contributed by atoms with Crippen molar-refractivity contribution in [2.24, 2.45) is 0 Å². The van der Waals surface area contributed by atoms with Gasteiger partial charge in [-0.2, -0.15) is 13.2 Å². The number of hydrogen-bond acceptors (Lipinski definition) is 1. The van der Waals surface area contributed by atoms with E-state index in [-0.39, 0.29) is 11.5 Å². The first-order valence-corrected chi connectivity index (χ1v) is 5.81. The van der Waals surface area contributed by atoms with Crippen molar-refractivity contribution in [3.8, 4) is 11.5 Å². The first-order valence-electron chi connectivity index (χ1n) is 5.81. The lowest BCUT2D eigenvalue weighted by molar-refractivity contribution is -0.137. The lowest BCUT2D eigenvalue weighted by Crippen LogP contribution is -2.33. The first kappa shape index (κ1) is 15.3. The van der Waals surface area contributed by atoms with Gasteiger partial charge in [0.15, 0.2) is 0 Å². The molecule has 0 saturated carbocycles. The van der Waals surface area contributed by atoms with Crippen LogP contribution in [0.4, 0.5) is 26.1 Å². The minimum absolute atomic E-state index is 0.105. The third-order valence-electron chi connectivity index (χ3n) is 2.68. The van der Waals surface area contributed by atoms with Gasteiger partial charge in [-0.15, -0.1) is 5.46 Å². The van der Waals surface area contributed by atoms with E-state index in [1.807, 2.05) is 0 Å². The molecule has 2 aromatic rings. The number of ether oxygens (including phenoxy) is 1. The molecule has 0 radical (unpaired) electrons. The molecule has 21 heavy (non-hydrogen) atoms. The van der Waals surface area contributed by atoms with Crippen LogP contribution in [-0.4, -0.2) is 6.98 Å². The molecule has 0 spiro atoms. The van der Waals surface area contributed by atoms with Crippen molar-refractivity contribution >= 4 is 12.4 Å². The second-order valence-electron chi connectivity index (χ2n) is 4.27. The predicted octanol–water partition coefficient (Wildman–Crippen LogP) is 4.55. The monoisotopic (exact) mass is 305 g/mol. The third-order valence-corrected chi connectivity index (χ3v) is 2.68. The van der Waals surface area contributed by atoms with Gasteiger partial charge in [0.2, 0.25) is 0 Å². The Morgan fingerprint density at radius 1 is 0.714 bits per heavy atom. The lowest BCUT2D eigenvalue weighted by atomic mass is 9.80. The van der Waals surface area contributed by atoms with Gasteiger partial charge in [0.25, 0.3) is 0 Å². The molecule has 2 rings (SSSR count). The Hall–Kier alpha value is -2.12. The van der Waals surface area contributed by atoms with Gasteiger partial charge in [0.05, 0.1) is 5.56 Å². The molecule has 2 aromatic carbocycles. The largest absolute Gasteiger partial charge is 0.509 e. The van der Waals surface area contributed by atoms with Crippen molar-refractivity contribution in [2.75, 3.05) is 0 Å². The Bertz CT molecular complexity index is 545. The second kappa shape index (κ2) is 5.35. The molecule has 0 saturated heterocycles. The van der Waals surface area contributed by atoms with E-state index in [0.29, 0.717) is 0 Å². The summed E-state index contributed by atoms with van der Waals surface area (Å²) in [5, 5.41) is 0. The second-order valence-corrected chi connectivity index (χ2v) is 4.27. The number of benzene rings is 2. The fourth-order valence-corrected chi connectivity index (χ4v) is 1.60. The van der Waals surface area contributed by atoms with E-state index in [0.717, 1.165) is 48.5 Å². The molecule has 0 aliphatic carbocycles. The summed E-state index contributed by atoms with van der Waals surface area (Å²) in [5.74, 6) is 0.215. The van der Waals surface area contributed by atoms with Crippen LogP contribution < -0.4 is 10.2 Å². The minimum Gasteiger partial charge on any atom is -0.457 e. The maximum absolute atomic E-state index is 12.4. The van der Waals surface area contributed by atoms with Crippen molar-refractivity contribution < 1.29 is 30.9 Å². The van der Waals surface area contributed by atoms with Crippen molar-refractivity contribution in [3.63, 3.8) is 0 Å². The van der Waals surface area contributed by atoms with Crippen molar-refractivity contribution in [3.05, 3.63) is 54.1 Å². The summed E-state index contributed by atoms with van der Waals surface area (Å²) >= 11 is 0. The molecule has 1 nitrogen and oxygen atoms in total. The van der Waals surface area contributed by atoms with Crippen LogP contribution in [0, 0.1) is 0 Å². The maximum atomic E-state index is 12.4. The van der Waals surface area contributed by atoms with E-state index in [1.54, 1.807) is 0 Å². The van der Waals surface area contributed by atoms with Gasteiger partial charge in [0, 0.05) is 0 Å². The van der Waals surface area contributed by atoms with E-state index < -0.39 is 24.2 Å². The molecule has 0 atom stereocenters. The lowest BCUT2D eigenvalue weighted by Gasteiger charge is -2.15. The molecule has 0 aliphatic rings.